The van der Waals surface area contributed by atoms with Gasteiger partial charge in [-0.25, -0.2) is 9.69 Å². The fourth-order valence-electron chi connectivity index (χ4n) is 7.83. The first-order chi connectivity index (χ1) is 25.8. The third-order valence-corrected chi connectivity index (χ3v) is 11.0. The Morgan fingerprint density at radius 2 is 1.42 bits per heavy atom. The van der Waals surface area contributed by atoms with Gasteiger partial charge in [-0.05, 0) is 99.4 Å². The summed E-state index contributed by atoms with van der Waals surface area (Å²) >= 11 is 3.60. The average molecular weight is 769 g/mol. The summed E-state index contributed by atoms with van der Waals surface area (Å²) in [5.41, 5.74) is 8.64. The van der Waals surface area contributed by atoms with Gasteiger partial charge in [0, 0.05) is 30.6 Å². The number of barbiturate groups is 1. The van der Waals surface area contributed by atoms with Crippen molar-refractivity contribution in [2.45, 2.75) is 38.2 Å². The van der Waals surface area contributed by atoms with E-state index >= 15 is 0 Å². The van der Waals surface area contributed by atoms with Crippen LogP contribution in [0.15, 0.2) is 119 Å². The Morgan fingerprint density at radius 1 is 0.811 bits per heavy atom. The molecule has 1 N–H and O–H groups in total. The predicted octanol–water partition coefficient (Wildman–Crippen LogP) is 8.89. The van der Waals surface area contributed by atoms with E-state index < -0.39 is 17.8 Å². The van der Waals surface area contributed by atoms with Gasteiger partial charge in [-0.3, -0.25) is 14.9 Å². The summed E-state index contributed by atoms with van der Waals surface area (Å²) in [7, 11) is 1.53. The molecule has 0 radical (unpaired) electrons. The summed E-state index contributed by atoms with van der Waals surface area (Å²) in [4.78, 5) is 44.9. The number of anilines is 2. The molecule has 0 aromatic heterocycles. The molecule has 0 aliphatic carbocycles. The zero-order chi connectivity index (χ0) is 36.6. The van der Waals surface area contributed by atoms with E-state index in [1.165, 1.54) is 30.0 Å². The second-order valence-corrected chi connectivity index (χ2v) is 14.6. The van der Waals surface area contributed by atoms with Crippen LogP contribution in [0.1, 0.15) is 63.6 Å². The van der Waals surface area contributed by atoms with Crippen molar-refractivity contribution in [3.8, 4) is 11.5 Å². The van der Waals surface area contributed by atoms with Crippen molar-refractivity contribution in [2.75, 3.05) is 30.0 Å². The molecule has 1 fully saturated rings. The molecule has 3 aliphatic heterocycles. The van der Waals surface area contributed by atoms with Crippen LogP contribution in [0.5, 0.6) is 11.5 Å². The van der Waals surface area contributed by atoms with E-state index in [2.05, 4.69) is 50.4 Å². The van der Waals surface area contributed by atoms with Crippen LogP contribution < -0.4 is 24.6 Å². The highest BCUT2D eigenvalue weighted by atomic mass is 79.9. The maximum absolute atomic E-state index is 14.4. The standard InChI is InChI=1S/C44H38BrN3O5/c1-27-13-15-28(16-14-27)26-53-41-38(45)22-29(23-39(41)52-2)21-37-42(49)46-44(51)48(43(37)50)32-24-35-33(30-9-5-3-6-10-30)17-19-47-20-18-34(36(25-32)40(35)47)31-11-7-4-8-12-31/h3-16,21-25,33-34H,17-20,26H2,1-2H3,(H,46,49,51)/b37-21+/t33-,34+. The molecule has 8 nitrogen and oxygen atoms in total. The molecule has 1 saturated heterocycles. The van der Waals surface area contributed by atoms with Crippen LogP contribution in [0.4, 0.5) is 16.2 Å². The maximum Gasteiger partial charge on any atom is 0.335 e. The zero-order valence-corrected chi connectivity index (χ0v) is 31.1. The number of carbonyl (C=O) groups excluding carboxylic acids is 3. The van der Waals surface area contributed by atoms with Gasteiger partial charge in [-0.1, -0.05) is 90.5 Å². The van der Waals surface area contributed by atoms with Gasteiger partial charge < -0.3 is 14.4 Å². The zero-order valence-electron chi connectivity index (χ0n) is 29.5. The van der Waals surface area contributed by atoms with Crippen molar-refractivity contribution in [3.05, 3.63) is 158 Å². The van der Waals surface area contributed by atoms with Crippen molar-refractivity contribution in [1.29, 1.82) is 0 Å². The van der Waals surface area contributed by atoms with E-state index in [-0.39, 0.29) is 17.4 Å². The van der Waals surface area contributed by atoms with Gasteiger partial charge in [-0.2, -0.15) is 0 Å². The molecule has 0 unspecified atom stereocenters. The van der Waals surface area contributed by atoms with Crippen molar-refractivity contribution in [2.24, 2.45) is 0 Å². The molecule has 8 rings (SSSR count). The minimum absolute atomic E-state index is 0.0758. The highest BCUT2D eigenvalue weighted by Crippen LogP contribution is 2.50. The predicted molar refractivity (Wildman–Crippen MR) is 210 cm³/mol. The van der Waals surface area contributed by atoms with E-state index in [9.17, 15) is 14.4 Å². The molecule has 0 spiro atoms. The number of amides is 4. The summed E-state index contributed by atoms with van der Waals surface area (Å²) < 4.78 is 12.4. The smallest absolute Gasteiger partial charge is 0.335 e. The lowest BCUT2D eigenvalue weighted by Gasteiger charge is -2.44. The van der Waals surface area contributed by atoms with E-state index in [1.54, 1.807) is 12.1 Å². The number of methoxy groups -OCH3 is 1. The number of nitrogens with zero attached hydrogens (tertiary/aromatic N) is 2. The second-order valence-electron chi connectivity index (χ2n) is 13.7. The lowest BCUT2D eigenvalue weighted by Crippen LogP contribution is -2.54. The van der Waals surface area contributed by atoms with Gasteiger partial charge >= 0.3 is 6.03 Å². The summed E-state index contributed by atoms with van der Waals surface area (Å²) in [6, 6.07) is 35.5. The Balaban J connectivity index is 1.18. The van der Waals surface area contributed by atoms with Gasteiger partial charge in [0.2, 0.25) is 0 Å². The Hall–Kier alpha value is -5.67. The number of hydrogen-bond acceptors (Lipinski definition) is 6. The molecule has 266 valence electrons. The SMILES string of the molecule is COc1cc(/C=C2\C(=O)NC(=O)N(c3cc4c5c(c3)[C@H](c3ccccc3)CCN5CC[C@@H]4c3ccccc3)C2=O)cc(Br)c1OCc1ccc(C)cc1. The molecular formula is C44H38BrN3O5. The molecule has 53 heavy (non-hydrogen) atoms. The molecule has 0 bridgehead atoms. The van der Waals surface area contributed by atoms with Gasteiger partial charge in [0.05, 0.1) is 17.3 Å². The lowest BCUT2D eigenvalue weighted by molar-refractivity contribution is -0.122. The number of urea groups is 1. The number of rotatable bonds is 8. The molecule has 2 atom stereocenters. The first kappa shape index (κ1) is 34.4. The second kappa shape index (κ2) is 14.4. The molecule has 3 aliphatic rings. The molecular weight excluding hydrogens is 730 g/mol. The van der Waals surface area contributed by atoms with E-state index in [0.29, 0.717) is 33.8 Å². The van der Waals surface area contributed by atoms with Crippen LogP contribution in [0.2, 0.25) is 0 Å². The van der Waals surface area contributed by atoms with E-state index in [0.717, 1.165) is 53.1 Å². The number of benzene rings is 5. The number of imide groups is 2. The summed E-state index contributed by atoms with van der Waals surface area (Å²) in [5.74, 6) is -0.396. The molecule has 0 saturated carbocycles. The number of halogens is 1. The molecule has 9 heteroatoms. The number of ether oxygens (including phenoxy) is 2. The summed E-state index contributed by atoms with van der Waals surface area (Å²) in [6.45, 7) is 4.19. The number of nitrogens with one attached hydrogen (secondary N) is 1. The fourth-order valence-corrected chi connectivity index (χ4v) is 8.40. The van der Waals surface area contributed by atoms with Gasteiger partial charge in [0.25, 0.3) is 11.8 Å². The van der Waals surface area contributed by atoms with E-state index in [4.69, 9.17) is 9.47 Å². The fraction of sp³-hybridized carbons (Fsp3) is 0.205. The monoisotopic (exact) mass is 767 g/mol. The largest absolute Gasteiger partial charge is 0.493 e. The molecule has 3 heterocycles. The molecule has 4 amide bonds. The topological polar surface area (TPSA) is 88.2 Å². The molecule has 5 aromatic rings. The third kappa shape index (κ3) is 6.61. The Bertz CT molecular complexity index is 2180. The minimum atomic E-state index is -0.779. The summed E-state index contributed by atoms with van der Waals surface area (Å²) in [6.07, 6.45) is 3.29. The van der Waals surface area contributed by atoms with Crippen molar-refractivity contribution in [3.63, 3.8) is 0 Å². The van der Waals surface area contributed by atoms with Crippen LogP contribution in [-0.2, 0) is 16.2 Å². The van der Waals surface area contributed by atoms with Crippen LogP contribution in [0.25, 0.3) is 6.08 Å². The highest BCUT2D eigenvalue weighted by molar-refractivity contribution is 9.10. The van der Waals surface area contributed by atoms with Crippen molar-refractivity contribution < 1.29 is 23.9 Å². The van der Waals surface area contributed by atoms with E-state index in [1.807, 2.05) is 79.7 Å². The van der Waals surface area contributed by atoms with Crippen LogP contribution in [0, 0.1) is 6.92 Å². The quantitative estimate of drug-likeness (QED) is 0.125. The van der Waals surface area contributed by atoms with Crippen molar-refractivity contribution in [1.82, 2.24) is 5.32 Å². The first-order valence-corrected chi connectivity index (χ1v) is 18.6. The van der Waals surface area contributed by atoms with Gasteiger partial charge in [0.15, 0.2) is 11.5 Å². The van der Waals surface area contributed by atoms with Crippen molar-refractivity contribution >= 4 is 51.2 Å². The van der Waals surface area contributed by atoms with Gasteiger partial charge in [0.1, 0.15) is 12.2 Å². The average Bonchev–Trinajstić information content (AvgIpc) is 3.17. The number of hydrogen-bond donors (Lipinski definition) is 1. The first-order valence-electron chi connectivity index (χ1n) is 17.8. The Kier molecular flexibility index (Phi) is 9.35. The van der Waals surface area contributed by atoms with Gasteiger partial charge in [-0.15, -0.1) is 0 Å². The number of carbonyl (C=O) groups is 3. The Labute approximate surface area is 317 Å². The third-order valence-electron chi connectivity index (χ3n) is 10.4. The molecule has 5 aromatic carbocycles. The highest BCUT2D eigenvalue weighted by Gasteiger charge is 2.40. The Morgan fingerprint density at radius 3 is 2.00 bits per heavy atom. The number of aryl methyl sites for hydroxylation is 1. The van der Waals surface area contributed by atoms with Crippen LogP contribution >= 0.6 is 15.9 Å². The normalized spacial score (nSPS) is 18.8. The minimum Gasteiger partial charge on any atom is -0.493 e. The summed E-state index contributed by atoms with van der Waals surface area (Å²) in [5, 5.41) is 2.43. The lowest BCUT2D eigenvalue weighted by atomic mass is 9.76. The van der Waals surface area contributed by atoms with Crippen LogP contribution in [-0.4, -0.2) is 38.0 Å². The van der Waals surface area contributed by atoms with Crippen LogP contribution in [0.3, 0.4) is 0 Å². The maximum atomic E-state index is 14.4.